The summed E-state index contributed by atoms with van der Waals surface area (Å²) in [7, 11) is 0. The van der Waals surface area contributed by atoms with E-state index in [9.17, 15) is 4.79 Å². The van der Waals surface area contributed by atoms with Crippen LogP contribution in [0.25, 0.3) is 0 Å². The molecule has 0 bridgehead atoms. The lowest BCUT2D eigenvalue weighted by Gasteiger charge is -2.19. The van der Waals surface area contributed by atoms with E-state index in [0.717, 1.165) is 24.0 Å². The zero-order valence-electron chi connectivity index (χ0n) is 12.3. The van der Waals surface area contributed by atoms with Crippen LogP contribution in [0, 0.1) is 5.92 Å². The Hall–Kier alpha value is -2.00. The number of carbonyl (C=O) groups is 1. The van der Waals surface area contributed by atoms with Crippen molar-refractivity contribution in [1.82, 2.24) is 10.6 Å². The highest BCUT2D eigenvalue weighted by atomic mass is 35.5. The van der Waals surface area contributed by atoms with Gasteiger partial charge in [0.05, 0.1) is 6.04 Å². The first-order valence-corrected chi connectivity index (χ1v) is 7.94. The molecule has 2 aromatic carbocycles. The van der Waals surface area contributed by atoms with E-state index in [0.29, 0.717) is 17.5 Å². The average molecular weight is 315 g/mol. The lowest BCUT2D eigenvalue weighted by atomic mass is 10.0. The molecule has 3 nitrogen and oxygen atoms in total. The minimum absolute atomic E-state index is 0.0630. The summed E-state index contributed by atoms with van der Waals surface area (Å²) in [5, 5.41) is 6.72. The van der Waals surface area contributed by atoms with Gasteiger partial charge in [-0.2, -0.15) is 0 Å². The van der Waals surface area contributed by atoms with Crippen LogP contribution < -0.4 is 10.6 Å². The molecular weight excluding hydrogens is 296 g/mol. The molecule has 2 amide bonds. The van der Waals surface area contributed by atoms with E-state index in [1.165, 1.54) is 0 Å². The zero-order chi connectivity index (χ0) is 15.4. The summed E-state index contributed by atoms with van der Waals surface area (Å²) in [5.74, 6) is 0.531. The molecule has 22 heavy (non-hydrogen) atoms. The van der Waals surface area contributed by atoms with E-state index in [-0.39, 0.29) is 12.1 Å². The number of rotatable bonds is 5. The number of hydrogen-bond donors (Lipinski definition) is 2. The number of halogens is 1. The second kappa shape index (κ2) is 6.84. The molecule has 4 heteroatoms. The molecule has 1 aliphatic carbocycles. The van der Waals surface area contributed by atoms with Crippen LogP contribution >= 0.6 is 11.6 Å². The van der Waals surface area contributed by atoms with Crippen LogP contribution in [0.4, 0.5) is 4.79 Å². The van der Waals surface area contributed by atoms with Crippen LogP contribution in [0.2, 0.25) is 5.02 Å². The Morgan fingerprint density at radius 1 is 1.09 bits per heavy atom. The molecular formula is C18H19ClN2O. The first-order valence-electron chi connectivity index (χ1n) is 7.56. The van der Waals surface area contributed by atoms with Crippen molar-refractivity contribution in [3.05, 3.63) is 70.7 Å². The highest BCUT2D eigenvalue weighted by molar-refractivity contribution is 6.30. The van der Waals surface area contributed by atoms with Crippen molar-refractivity contribution in [1.29, 1.82) is 0 Å². The third kappa shape index (κ3) is 4.01. The van der Waals surface area contributed by atoms with Crippen LogP contribution in [-0.4, -0.2) is 6.03 Å². The Balaban J connectivity index is 1.59. The van der Waals surface area contributed by atoms with Gasteiger partial charge in [-0.25, -0.2) is 4.79 Å². The van der Waals surface area contributed by atoms with Crippen molar-refractivity contribution in [3.63, 3.8) is 0 Å². The third-order valence-electron chi connectivity index (χ3n) is 3.91. The molecule has 0 spiro atoms. The quantitative estimate of drug-likeness (QED) is 0.849. The zero-order valence-corrected chi connectivity index (χ0v) is 13.0. The van der Waals surface area contributed by atoms with Gasteiger partial charge in [0.2, 0.25) is 0 Å². The molecule has 0 unspecified atom stereocenters. The number of benzene rings is 2. The van der Waals surface area contributed by atoms with Gasteiger partial charge in [-0.15, -0.1) is 0 Å². The minimum atomic E-state index is -0.129. The number of hydrogen-bond acceptors (Lipinski definition) is 1. The molecule has 1 aliphatic rings. The van der Waals surface area contributed by atoms with Gasteiger partial charge in [0.15, 0.2) is 0 Å². The van der Waals surface area contributed by atoms with E-state index in [1.54, 1.807) is 0 Å². The van der Waals surface area contributed by atoms with Crippen molar-refractivity contribution in [2.45, 2.75) is 25.4 Å². The van der Waals surface area contributed by atoms with Crippen LogP contribution in [0.15, 0.2) is 54.6 Å². The molecule has 0 aromatic heterocycles. The maximum absolute atomic E-state index is 12.2. The first kappa shape index (κ1) is 14.9. The van der Waals surface area contributed by atoms with Gasteiger partial charge >= 0.3 is 6.03 Å². The second-order valence-electron chi connectivity index (χ2n) is 5.68. The summed E-state index contributed by atoms with van der Waals surface area (Å²) < 4.78 is 0. The largest absolute Gasteiger partial charge is 0.334 e. The van der Waals surface area contributed by atoms with Crippen molar-refractivity contribution in [3.8, 4) is 0 Å². The highest BCUT2D eigenvalue weighted by Gasteiger charge is 2.33. The van der Waals surface area contributed by atoms with E-state index in [2.05, 4.69) is 10.6 Å². The van der Waals surface area contributed by atoms with Gasteiger partial charge in [-0.05, 0) is 42.0 Å². The maximum atomic E-state index is 12.2. The monoisotopic (exact) mass is 314 g/mol. The van der Waals surface area contributed by atoms with Crippen LogP contribution in [0.5, 0.6) is 0 Å². The van der Waals surface area contributed by atoms with Crippen LogP contribution in [0.3, 0.4) is 0 Å². The molecule has 3 rings (SSSR count). The van der Waals surface area contributed by atoms with Gasteiger partial charge in [0, 0.05) is 11.6 Å². The Bertz CT molecular complexity index is 623. The van der Waals surface area contributed by atoms with Crippen LogP contribution in [-0.2, 0) is 6.54 Å². The predicted molar refractivity (Wildman–Crippen MR) is 88.7 cm³/mol. The van der Waals surface area contributed by atoms with E-state index in [4.69, 9.17) is 11.6 Å². The number of carbonyl (C=O) groups excluding carboxylic acids is 1. The summed E-state index contributed by atoms with van der Waals surface area (Å²) in [6, 6.07) is 17.6. The Labute approximate surface area is 135 Å². The smallest absolute Gasteiger partial charge is 0.315 e. The standard InChI is InChI=1S/C18H19ClN2O/c19-16-10-8-15(9-11-16)17(14-6-7-14)21-18(22)20-12-13-4-2-1-3-5-13/h1-5,8-11,14,17H,6-7,12H2,(H2,20,21,22)/t17-/m1/s1. The SMILES string of the molecule is O=C(NCc1ccccc1)N[C@@H](c1ccc(Cl)cc1)C1CC1. The Morgan fingerprint density at radius 3 is 2.41 bits per heavy atom. The summed E-state index contributed by atoms with van der Waals surface area (Å²) >= 11 is 5.94. The summed E-state index contributed by atoms with van der Waals surface area (Å²) in [6.07, 6.45) is 2.32. The molecule has 0 radical (unpaired) electrons. The molecule has 1 atom stereocenters. The number of amides is 2. The first-order chi connectivity index (χ1) is 10.7. The fourth-order valence-electron chi connectivity index (χ4n) is 2.54. The topological polar surface area (TPSA) is 41.1 Å². The van der Waals surface area contributed by atoms with Gasteiger partial charge in [0.25, 0.3) is 0 Å². The second-order valence-corrected chi connectivity index (χ2v) is 6.12. The molecule has 0 heterocycles. The molecule has 1 fully saturated rings. The van der Waals surface area contributed by atoms with Crippen molar-refractivity contribution in [2.75, 3.05) is 0 Å². The molecule has 0 aliphatic heterocycles. The molecule has 2 aromatic rings. The lowest BCUT2D eigenvalue weighted by molar-refractivity contribution is 0.235. The third-order valence-corrected chi connectivity index (χ3v) is 4.16. The average Bonchev–Trinajstić information content (AvgIpc) is 3.37. The predicted octanol–water partition coefficient (Wildman–Crippen LogP) is 4.29. The normalized spacial score (nSPS) is 15.1. The van der Waals surface area contributed by atoms with Crippen molar-refractivity contribution < 1.29 is 4.79 Å². The molecule has 0 saturated heterocycles. The Kier molecular flexibility index (Phi) is 4.64. The fourth-order valence-corrected chi connectivity index (χ4v) is 2.67. The maximum Gasteiger partial charge on any atom is 0.315 e. The van der Waals surface area contributed by atoms with Crippen molar-refractivity contribution in [2.24, 2.45) is 5.92 Å². The molecule has 114 valence electrons. The molecule has 2 N–H and O–H groups in total. The molecule has 1 saturated carbocycles. The highest BCUT2D eigenvalue weighted by Crippen LogP contribution is 2.41. The summed E-state index contributed by atoms with van der Waals surface area (Å²) in [6.45, 7) is 0.532. The van der Waals surface area contributed by atoms with Gasteiger partial charge in [0.1, 0.15) is 0 Å². The Morgan fingerprint density at radius 2 is 1.77 bits per heavy atom. The van der Waals surface area contributed by atoms with E-state index >= 15 is 0 Å². The lowest BCUT2D eigenvalue weighted by Crippen LogP contribution is -2.38. The van der Waals surface area contributed by atoms with E-state index in [1.807, 2.05) is 54.6 Å². The number of urea groups is 1. The van der Waals surface area contributed by atoms with Crippen molar-refractivity contribution >= 4 is 17.6 Å². The van der Waals surface area contributed by atoms with Crippen LogP contribution in [0.1, 0.15) is 30.0 Å². The van der Waals surface area contributed by atoms with Gasteiger partial charge < -0.3 is 10.6 Å². The minimum Gasteiger partial charge on any atom is -0.334 e. The summed E-state index contributed by atoms with van der Waals surface area (Å²) in [5.41, 5.74) is 2.20. The van der Waals surface area contributed by atoms with E-state index < -0.39 is 0 Å². The fraction of sp³-hybridized carbons (Fsp3) is 0.278. The van der Waals surface area contributed by atoms with Gasteiger partial charge in [-0.3, -0.25) is 0 Å². The number of nitrogens with one attached hydrogen (secondary N) is 2. The summed E-state index contributed by atoms with van der Waals surface area (Å²) in [4.78, 5) is 12.2. The van der Waals surface area contributed by atoms with Gasteiger partial charge in [-0.1, -0.05) is 54.1 Å².